The average Bonchev–Trinajstić information content (AvgIpc) is 2.95. The van der Waals surface area contributed by atoms with Gasteiger partial charge < -0.3 is 0 Å². The molecule has 0 unspecified atom stereocenters. The molecule has 0 N–H and O–H groups in total. The Kier molecular flexibility index (Phi) is 5.88. The molecule has 1 aromatic rings. The fourth-order valence-corrected chi connectivity index (χ4v) is 5.19. The van der Waals surface area contributed by atoms with Crippen LogP contribution in [-0.4, -0.2) is 10.7 Å². The lowest BCUT2D eigenvalue weighted by atomic mass is 9.78. The molecule has 0 aliphatic heterocycles. The van der Waals surface area contributed by atoms with E-state index < -0.39 is 0 Å². The zero-order chi connectivity index (χ0) is 13.7. The van der Waals surface area contributed by atoms with E-state index in [0.717, 1.165) is 16.6 Å². The van der Waals surface area contributed by atoms with Crippen molar-refractivity contribution in [1.29, 1.82) is 0 Å². The van der Waals surface area contributed by atoms with Gasteiger partial charge >= 0.3 is 0 Å². The topological polar surface area (TPSA) is 0 Å². The molecule has 0 amide bonds. The standard InChI is InChI=1S/C16H21Br2F/c17-11-16(12-18,10-9-13-3-1-2-4-13)14-5-7-15(19)8-6-14/h5-8,13H,1-4,9-12H2. The number of benzene rings is 1. The molecule has 0 radical (unpaired) electrons. The van der Waals surface area contributed by atoms with E-state index in [0.29, 0.717) is 0 Å². The summed E-state index contributed by atoms with van der Waals surface area (Å²) in [5.41, 5.74) is 1.33. The van der Waals surface area contributed by atoms with Gasteiger partial charge in [-0.15, -0.1) is 0 Å². The molecule has 1 aliphatic carbocycles. The Bertz CT molecular complexity index is 378. The minimum Gasteiger partial charge on any atom is -0.207 e. The van der Waals surface area contributed by atoms with Crippen LogP contribution in [0.4, 0.5) is 4.39 Å². The zero-order valence-electron chi connectivity index (χ0n) is 11.2. The van der Waals surface area contributed by atoms with E-state index in [2.05, 4.69) is 31.9 Å². The molecule has 0 nitrogen and oxygen atoms in total. The van der Waals surface area contributed by atoms with Crippen LogP contribution < -0.4 is 0 Å². The van der Waals surface area contributed by atoms with Gasteiger partial charge in [-0.05, 0) is 36.5 Å². The highest BCUT2D eigenvalue weighted by molar-refractivity contribution is 9.09. The third-order valence-corrected chi connectivity index (χ3v) is 6.62. The van der Waals surface area contributed by atoms with Gasteiger partial charge in [0.15, 0.2) is 0 Å². The van der Waals surface area contributed by atoms with Gasteiger partial charge in [-0.2, -0.15) is 0 Å². The summed E-state index contributed by atoms with van der Waals surface area (Å²) < 4.78 is 13.1. The molecule has 1 fully saturated rings. The Morgan fingerprint density at radius 3 is 2.16 bits per heavy atom. The van der Waals surface area contributed by atoms with Gasteiger partial charge in [0, 0.05) is 16.1 Å². The van der Waals surface area contributed by atoms with Crippen molar-refractivity contribution in [2.45, 2.75) is 43.9 Å². The van der Waals surface area contributed by atoms with Crippen molar-refractivity contribution in [2.24, 2.45) is 5.92 Å². The second kappa shape index (κ2) is 7.21. The van der Waals surface area contributed by atoms with Crippen LogP contribution in [0.1, 0.15) is 44.1 Å². The maximum absolute atomic E-state index is 13.1. The van der Waals surface area contributed by atoms with Crippen LogP contribution in [0.15, 0.2) is 24.3 Å². The summed E-state index contributed by atoms with van der Waals surface area (Å²) in [6.45, 7) is 0. The maximum atomic E-state index is 13.1. The predicted octanol–water partition coefficient (Wildman–Crippen LogP) is 5.82. The zero-order valence-corrected chi connectivity index (χ0v) is 14.3. The highest BCUT2D eigenvalue weighted by Crippen LogP contribution is 2.38. The van der Waals surface area contributed by atoms with Crippen molar-refractivity contribution < 1.29 is 4.39 Å². The molecule has 1 saturated carbocycles. The number of hydrogen-bond donors (Lipinski definition) is 0. The first-order valence-corrected chi connectivity index (χ1v) is 9.32. The molecule has 0 spiro atoms. The summed E-state index contributed by atoms with van der Waals surface area (Å²) in [6.07, 6.45) is 8.04. The number of halogens is 3. The summed E-state index contributed by atoms with van der Waals surface area (Å²) >= 11 is 7.35. The van der Waals surface area contributed by atoms with Crippen molar-refractivity contribution >= 4 is 31.9 Å². The van der Waals surface area contributed by atoms with Gasteiger partial charge in [0.05, 0.1) is 0 Å². The molecule has 0 heterocycles. The van der Waals surface area contributed by atoms with Gasteiger partial charge in [0.25, 0.3) is 0 Å². The molecule has 3 heteroatoms. The van der Waals surface area contributed by atoms with E-state index in [4.69, 9.17) is 0 Å². The maximum Gasteiger partial charge on any atom is 0.123 e. The van der Waals surface area contributed by atoms with Crippen LogP contribution in [-0.2, 0) is 5.41 Å². The largest absolute Gasteiger partial charge is 0.207 e. The summed E-state index contributed by atoms with van der Waals surface area (Å²) in [7, 11) is 0. The van der Waals surface area contributed by atoms with Crippen LogP contribution in [0.5, 0.6) is 0 Å². The van der Waals surface area contributed by atoms with E-state index >= 15 is 0 Å². The molecule has 19 heavy (non-hydrogen) atoms. The fraction of sp³-hybridized carbons (Fsp3) is 0.625. The SMILES string of the molecule is Fc1ccc(C(CBr)(CBr)CCC2CCCC2)cc1. The Morgan fingerprint density at radius 1 is 1.05 bits per heavy atom. The fourth-order valence-electron chi connectivity index (χ4n) is 3.05. The van der Waals surface area contributed by atoms with E-state index in [9.17, 15) is 4.39 Å². The van der Waals surface area contributed by atoms with E-state index in [1.165, 1.54) is 44.1 Å². The lowest BCUT2D eigenvalue weighted by Gasteiger charge is -2.32. The first-order valence-electron chi connectivity index (χ1n) is 7.08. The first kappa shape index (κ1) is 15.5. The average molecular weight is 392 g/mol. The van der Waals surface area contributed by atoms with Crippen molar-refractivity contribution in [3.05, 3.63) is 35.6 Å². The summed E-state index contributed by atoms with van der Waals surface area (Å²) in [5, 5.41) is 1.84. The van der Waals surface area contributed by atoms with Crippen molar-refractivity contribution in [3.8, 4) is 0 Å². The minimum absolute atomic E-state index is 0.0935. The quantitative estimate of drug-likeness (QED) is 0.535. The van der Waals surface area contributed by atoms with Gasteiger partial charge in [-0.3, -0.25) is 0 Å². The van der Waals surface area contributed by atoms with Gasteiger partial charge in [-0.25, -0.2) is 4.39 Å². The van der Waals surface area contributed by atoms with E-state index in [1.54, 1.807) is 12.1 Å². The van der Waals surface area contributed by atoms with E-state index in [1.807, 2.05) is 12.1 Å². The molecule has 0 aromatic heterocycles. The normalized spacial score (nSPS) is 17.0. The van der Waals surface area contributed by atoms with Crippen molar-refractivity contribution in [1.82, 2.24) is 0 Å². The number of alkyl halides is 2. The molecular weight excluding hydrogens is 371 g/mol. The molecule has 106 valence electrons. The Balaban J connectivity index is 2.09. The predicted molar refractivity (Wildman–Crippen MR) is 86.9 cm³/mol. The first-order chi connectivity index (χ1) is 9.20. The highest BCUT2D eigenvalue weighted by Gasteiger charge is 2.31. The van der Waals surface area contributed by atoms with Crippen LogP contribution in [0.25, 0.3) is 0 Å². The second-order valence-electron chi connectivity index (χ2n) is 5.74. The molecule has 1 aliphatic rings. The Labute approximate surface area is 132 Å². The lowest BCUT2D eigenvalue weighted by Crippen LogP contribution is -2.30. The van der Waals surface area contributed by atoms with Crippen LogP contribution in [0.3, 0.4) is 0 Å². The molecule has 0 saturated heterocycles. The Morgan fingerprint density at radius 2 is 1.63 bits per heavy atom. The molecule has 0 bridgehead atoms. The summed E-state index contributed by atoms with van der Waals surface area (Å²) in [5.74, 6) is 0.746. The third-order valence-electron chi connectivity index (χ3n) is 4.47. The number of hydrogen-bond acceptors (Lipinski definition) is 0. The second-order valence-corrected chi connectivity index (χ2v) is 6.87. The lowest BCUT2D eigenvalue weighted by molar-refractivity contribution is 0.400. The molecule has 2 rings (SSSR count). The summed E-state index contributed by atoms with van der Waals surface area (Å²) in [4.78, 5) is 0. The minimum atomic E-state index is -0.155. The van der Waals surface area contributed by atoms with Crippen molar-refractivity contribution in [2.75, 3.05) is 10.7 Å². The highest BCUT2D eigenvalue weighted by atomic mass is 79.9. The monoisotopic (exact) mass is 390 g/mol. The van der Waals surface area contributed by atoms with Gasteiger partial charge in [0.1, 0.15) is 5.82 Å². The summed E-state index contributed by atoms with van der Waals surface area (Å²) in [6, 6.07) is 7.02. The van der Waals surface area contributed by atoms with Gasteiger partial charge in [-0.1, -0.05) is 69.7 Å². The molecule has 0 atom stereocenters. The van der Waals surface area contributed by atoms with Crippen molar-refractivity contribution in [3.63, 3.8) is 0 Å². The number of rotatable bonds is 6. The van der Waals surface area contributed by atoms with Crippen LogP contribution in [0.2, 0.25) is 0 Å². The Hall–Kier alpha value is 0.110. The van der Waals surface area contributed by atoms with E-state index in [-0.39, 0.29) is 11.2 Å². The van der Waals surface area contributed by atoms with Crippen LogP contribution >= 0.6 is 31.9 Å². The molecule has 1 aromatic carbocycles. The van der Waals surface area contributed by atoms with Gasteiger partial charge in [0.2, 0.25) is 0 Å². The molecular formula is C16H21Br2F. The third kappa shape index (κ3) is 3.81. The smallest absolute Gasteiger partial charge is 0.123 e. The van der Waals surface area contributed by atoms with Crippen LogP contribution in [0, 0.1) is 11.7 Å².